The van der Waals surface area contributed by atoms with E-state index < -0.39 is 53.6 Å². The Morgan fingerprint density at radius 1 is 0.839 bits per heavy atom. The Bertz CT molecular complexity index is 629. The number of rotatable bonds is 8. The lowest BCUT2D eigenvalue weighted by molar-refractivity contribution is -0.314. The lowest BCUT2D eigenvalue weighted by Gasteiger charge is -2.30. The van der Waals surface area contributed by atoms with E-state index in [0.717, 1.165) is 0 Å². The molecule has 12 heteroatoms. The second kappa shape index (κ2) is 10.5. The third-order valence-electron chi connectivity index (χ3n) is 5.20. The molecule has 0 N–H and O–H groups in total. The van der Waals surface area contributed by atoms with Crippen LogP contribution in [0.1, 0.15) is 52.9 Å². The normalized spacial score (nSPS) is 20.3. The van der Waals surface area contributed by atoms with Crippen LogP contribution in [0.5, 0.6) is 0 Å². The second-order valence-electron chi connectivity index (χ2n) is 7.94. The van der Waals surface area contributed by atoms with E-state index in [1.54, 1.807) is 20.8 Å². The Morgan fingerprint density at radius 3 is 1.74 bits per heavy atom. The monoisotopic (exact) mass is 464 g/mol. The molecule has 2 unspecified atom stereocenters. The molecule has 180 valence electrons. The van der Waals surface area contributed by atoms with Crippen molar-refractivity contribution in [2.24, 2.45) is 17.3 Å². The van der Waals surface area contributed by atoms with Gasteiger partial charge in [-0.05, 0) is 33.1 Å². The average molecular weight is 464 g/mol. The van der Waals surface area contributed by atoms with E-state index in [0.29, 0.717) is 19.3 Å². The fourth-order valence-electron chi connectivity index (χ4n) is 2.94. The van der Waals surface area contributed by atoms with Gasteiger partial charge < -0.3 is 14.2 Å². The Morgan fingerprint density at radius 2 is 1.29 bits per heavy atom. The van der Waals surface area contributed by atoms with Crippen LogP contribution in [-0.2, 0) is 28.6 Å². The first kappa shape index (κ1) is 27.0. The fourth-order valence-corrected chi connectivity index (χ4v) is 2.94. The topological polar surface area (TPSA) is 78.9 Å². The summed E-state index contributed by atoms with van der Waals surface area (Å²) < 4.78 is 89.5. The van der Waals surface area contributed by atoms with E-state index >= 15 is 0 Å². The summed E-state index contributed by atoms with van der Waals surface area (Å²) in [6, 6.07) is 0. The zero-order valence-electron chi connectivity index (χ0n) is 17.4. The van der Waals surface area contributed by atoms with Gasteiger partial charge in [-0.1, -0.05) is 19.8 Å². The Labute approximate surface area is 175 Å². The highest BCUT2D eigenvalue weighted by Gasteiger charge is 2.60. The van der Waals surface area contributed by atoms with Crippen molar-refractivity contribution in [1.29, 1.82) is 0 Å². The van der Waals surface area contributed by atoms with Crippen molar-refractivity contribution in [2.75, 3.05) is 13.2 Å². The van der Waals surface area contributed by atoms with Gasteiger partial charge in [0.1, 0.15) is 13.2 Å². The number of carbonyl (C=O) groups is 3. The van der Waals surface area contributed by atoms with Gasteiger partial charge in [-0.25, -0.2) is 0 Å². The third-order valence-corrected chi connectivity index (χ3v) is 5.20. The lowest BCUT2D eigenvalue weighted by Crippen LogP contribution is -2.47. The highest BCUT2D eigenvalue weighted by molar-refractivity contribution is 5.82. The van der Waals surface area contributed by atoms with Crippen LogP contribution in [0, 0.1) is 17.3 Å². The summed E-state index contributed by atoms with van der Waals surface area (Å²) >= 11 is 0. The summed E-state index contributed by atoms with van der Waals surface area (Å²) in [5, 5.41) is 0. The maximum atomic E-state index is 12.6. The van der Waals surface area contributed by atoms with E-state index in [-0.39, 0.29) is 26.1 Å². The van der Waals surface area contributed by atoms with Crippen LogP contribution in [0.25, 0.3) is 0 Å². The van der Waals surface area contributed by atoms with Gasteiger partial charge in [0.25, 0.3) is 6.10 Å². The number of ether oxygens (including phenoxy) is 3. The molecule has 1 aliphatic carbocycles. The molecule has 0 heterocycles. The minimum Gasteiger partial charge on any atom is -0.462 e. The maximum absolute atomic E-state index is 12.6. The minimum absolute atomic E-state index is 0.0456. The van der Waals surface area contributed by atoms with Crippen molar-refractivity contribution in [3.63, 3.8) is 0 Å². The molecule has 0 radical (unpaired) electrons. The van der Waals surface area contributed by atoms with Gasteiger partial charge in [-0.3, -0.25) is 14.4 Å². The van der Waals surface area contributed by atoms with Gasteiger partial charge in [0, 0.05) is 0 Å². The molecule has 0 bridgehead atoms. The first-order valence-electron chi connectivity index (χ1n) is 9.79. The number of carbonyl (C=O) groups excluding carboxylic acids is 3. The van der Waals surface area contributed by atoms with Gasteiger partial charge in [-0.2, -0.15) is 26.3 Å². The number of halogens is 6. The molecule has 0 aromatic rings. The van der Waals surface area contributed by atoms with Gasteiger partial charge in [0.05, 0.1) is 17.3 Å². The molecule has 1 saturated carbocycles. The molecule has 1 aliphatic rings. The number of hydrogen-bond acceptors (Lipinski definition) is 6. The second-order valence-corrected chi connectivity index (χ2v) is 7.94. The maximum Gasteiger partial charge on any atom is 0.434 e. The van der Waals surface area contributed by atoms with Crippen LogP contribution in [0.3, 0.4) is 0 Å². The summed E-state index contributed by atoms with van der Waals surface area (Å²) in [7, 11) is 0. The van der Waals surface area contributed by atoms with Crippen LogP contribution in [0.2, 0.25) is 0 Å². The van der Waals surface area contributed by atoms with Crippen molar-refractivity contribution in [2.45, 2.75) is 71.3 Å². The van der Waals surface area contributed by atoms with Crippen LogP contribution < -0.4 is 0 Å². The Kier molecular flexibility index (Phi) is 9.19. The molecule has 0 aliphatic heterocycles. The van der Waals surface area contributed by atoms with Gasteiger partial charge in [-0.15, -0.1) is 0 Å². The van der Waals surface area contributed by atoms with Crippen LogP contribution in [-0.4, -0.2) is 49.6 Å². The molecule has 1 fully saturated rings. The number of alkyl halides is 6. The van der Waals surface area contributed by atoms with E-state index in [9.17, 15) is 40.7 Å². The van der Waals surface area contributed by atoms with E-state index in [1.165, 1.54) is 0 Å². The van der Waals surface area contributed by atoms with Crippen molar-refractivity contribution >= 4 is 17.9 Å². The summed E-state index contributed by atoms with van der Waals surface area (Å²) in [5.74, 6) is -5.97. The Hall–Kier alpha value is -2.01. The van der Waals surface area contributed by atoms with E-state index in [1.807, 2.05) is 0 Å². The molecule has 6 nitrogen and oxygen atoms in total. The predicted octanol–water partition coefficient (Wildman–Crippen LogP) is 4.35. The summed E-state index contributed by atoms with van der Waals surface area (Å²) in [4.78, 5) is 36.2. The highest BCUT2D eigenvalue weighted by Crippen LogP contribution is 2.38. The minimum atomic E-state index is -5.84. The zero-order chi connectivity index (χ0) is 24.0. The SMILES string of the molecule is CCC(C)(C)C(=O)OCCOC(=O)C1CCCCC1C(=O)OC(C(F)(F)F)C(F)(F)F. The highest BCUT2D eigenvalue weighted by atomic mass is 19.4. The summed E-state index contributed by atoms with van der Waals surface area (Å²) in [6.07, 6.45) is -14.7. The van der Waals surface area contributed by atoms with Crippen molar-refractivity contribution < 1.29 is 54.9 Å². The predicted molar refractivity (Wildman–Crippen MR) is 93.4 cm³/mol. The fraction of sp³-hybridized carbons (Fsp3) is 0.842. The molecular formula is C19H26F6O6. The average Bonchev–Trinajstić information content (AvgIpc) is 2.66. The van der Waals surface area contributed by atoms with Crippen LogP contribution in [0.4, 0.5) is 26.3 Å². The largest absolute Gasteiger partial charge is 0.462 e. The molecule has 0 saturated heterocycles. The van der Waals surface area contributed by atoms with E-state index in [4.69, 9.17) is 9.47 Å². The molecule has 1 rings (SSSR count). The van der Waals surface area contributed by atoms with Crippen LogP contribution in [0.15, 0.2) is 0 Å². The standard InChI is InChI=1S/C19H26F6O6/c1-4-17(2,3)16(28)30-10-9-29-13(26)11-7-5-6-8-12(11)14(27)31-15(18(20,21)22)19(23,24)25/h11-12,15H,4-10H2,1-3H3. The van der Waals surface area contributed by atoms with Gasteiger partial charge in [0.2, 0.25) is 0 Å². The smallest absolute Gasteiger partial charge is 0.434 e. The zero-order valence-corrected chi connectivity index (χ0v) is 17.4. The lowest BCUT2D eigenvalue weighted by atomic mass is 9.79. The first-order valence-corrected chi connectivity index (χ1v) is 9.79. The van der Waals surface area contributed by atoms with Crippen LogP contribution >= 0.6 is 0 Å². The summed E-state index contributed by atoms with van der Waals surface area (Å²) in [6.45, 7) is 4.46. The van der Waals surface area contributed by atoms with Gasteiger partial charge in [0.15, 0.2) is 0 Å². The van der Waals surface area contributed by atoms with Gasteiger partial charge >= 0.3 is 30.3 Å². The molecule has 31 heavy (non-hydrogen) atoms. The quantitative estimate of drug-likeness (QED) is 0.230. The molecule has 0 aromatic heterocycles. The summed E-state index contributed by atoms with van der Waals surface area (Å²) in [5.41, 5.74) is -0.740. The van der Waals surface area contributed by atoms with E-state index in [2.05, 4.69) is 4.74 Å². The van der Waals surface area contributed by atoms with Crippen molar-refractivity contribution in [3.05, 3.63) is 0 Å². The number of hydrogen-bond donors (Lipinski definition) is 0. The molecule has 2 atom stereocenters. The van der Waals surface area contributed by atoms with Crippen molar-refractivity contribution in [1.82, 2.24) is 0 Å². The van der Waals surface area contributed by atoms with Crippen molar-refractivity contribution in [3.8, 4) is 0 Å². The number of esters is 3. The molecular weight excluding hydrogens is 438 g/mol. The Balaban J connectivity index is 2.71. The molecule has 0 spiro atoms. The first-order chi connectivity index (χ1) is 14.1. The third kappa shape index (κ3) is 7.88. The molecule has 0 aromatic carbocycles. The molecule has 0 amide bonds.